The van der Waals surface area contributed by atoms with E-state index in [0.29, 0.717) is 22.3 Å². The van der Waals surface area contributed by atoms with Crippen LogP contribution in [-0.4, -0.2) is 8.42 Å². The van der Waals surface area contributed by atoms with Crippen molar-refractivity contribution in [3.63, 3.8) is 0 Å². The lowest BCUT2D eigenvalue weighted by atomic mass is 10.2. The molecule has 0 aliphatic heterocycles. The van der Waals surface area contributed by atoms with Crippen molar-refractivity contribution in [1.29, 1.82) is 0 Å². The summed E-state index contributed by atoms with van der Waals surface area (Å²) in [7, 11) is -3.69. The van der Waals surface area contributed by atoms with Gasteiger partial charge in [-0.2, -0.15) is 0 Å². The number of hydrogen-bond acceptors (Lipinski definition) is 4. The van der Waals surface area contributed by atoms with Gasteiger partial charge in [0.2, 0.25) is 10.0 Å². The van der Waals surface area contributed by atoms with Crippen LogP contribution in [0.15, 0.2) is 71.6 Å². The van der Waals surface area contributed by atoms with Gasteiger partial charge in [-0.05, 0) is 54.1 Å². The van der Waals surface area contributed by atoms with E-state index >= 15 is 0 Å². The summed E-state index contributed by atoms with van der Waals surface area (Å²) in [6.45, 7) is 0.809. The van der Waals surface area contributed by atoms with E-state index in [1.807, 2.05) is 24.3 Å². The number of hydrogen-bond donors (Lipinski definition) is 2. The van der Waals surface area contributed by atoms with E-state index in [1.54, 1.807) is 30.3 Å². The molecule has 0 spiro atoms. The molecule has 0 radical (unpaired) electrons. The lowest BCUT2D eigenvalue weighted by Gasteiger charge is -2.11. The molecule has 0 bridgehead atoms. The van der Waals surface area contributed by atoms with Crippen LogP contribution in [0.25, 0.3) is 0 Å². The summed E-state index contributed by atoms with van der Waals surface area (Å²) in [6.07, 6.45) is 0. The predicted octanol–water partition coefficient (Wildman–Crippen LogP) is 4.83. The molecule has 0 unspecified atom stereocenters. The maximum atomic E-state index is 11.3. The third-order valence-corrected chi connectivity index (χ3v) is 5.66. The third-order valence-electron chi connectivity index (χ3n) is 4.02. The third kappa shape index (κ3) is 5.39. The number of halogens is 2. The number of benzene rings is 3. The van der Waals surface area contributed by atoms with E-state index in [1.165, 1.54) is 12.1 Å². The van der Waals surface area contributed by atoms with Gasteiger partial charge in [-0.1, -0.05) is 41.4 Å². The fourth-order valence-corrected chi connectivity index (χ4v) is 3.56. The first-order valence-electron chi connectivity index (χ1n) is 8.34. The van der Waals surface area contributed by atoms with Gasteiger partial charge < -0.3 is 10.1 Å². The number of sulfonamides is 1. The summed E-state index contributed by atoms with van der Waals surface area (Å²) in [6, 6.07) is 19.2. The Morgan fingerprint density at radius 3 is 2.21 bits per heavy atom. The summed E-state index contributed by atoms with van der Waals surface area (Å²) in [4.78, 5) is 0.0756. The smallest absolute Gasteiger partial charge is 0.238 e. The minimum Gasteiger partial charge on any atom is -0.489 e. The van der Waals surface area contributed by atoms with Crippen molar-refractivity contribution < 1.29 is 13.2 Å². The van der Waals surface area contributed by atoms with E-state index in [0.717, 1.165) is 16.8 Å². The Morgan fingerprint density at radius 2 is 1.57 bits per heavy atom. The summed E-state index contributed by atoms with van der Waals surface area (Å²) < 4.78 is 28.4. The summed E-state index contributed by atoms with van der Waals surface area (Å²) in [5, 5.41) is 9.45. The van der Waals surface area contributed by atoms with E-state index < -0.39 is 10.0 Å². The van der Waals surface area contributed by atoms with Crippen LogP contribution in [-0.2, 0) is 23.2 Å². The number of ether oxygens (including phenoxy) is 1. The minimum absolute atomic E-state index is 0.0756. The second kappa shape index (κ2) is 8.84. The zero-order chi connectivity index (χ0) is 20.1. The van der Waals surface area contributed by atoms with E-state index in [4.69, 9.17) is 33.1 Å². The second-order valence-electron chi connectivity index (χ2n) is 6.06. The van der Waals surface area contributed by atoms with Crippen molar-refractivity contribution in [2.75, 3.05) is 5.32 Å². The van der Waals surface area contributed by atoms with Crippen molar-refractivity contribution in [2.24, 2.45) is 5.14 Å². The molecule has 0 aliphatic carbocycles. The molecule has 5 nitrogen and oxygen atoms in total. The van der Waals surface area contributed by atoms with Gasteiger partial charge in [0.25, 0.3) is 0 Å². The number of rotatable bonds is 7. The van der Waals surface area contributed by atoms with Crippen LogP contribution in [0.2, 0.25) is 10.0 Å². The van der Waals surface area contributed by atoms with Crippen LogP contribution >= 0.6 is 23.2 Å². The number of anilines is 1. The fourth-order valence-electron chi connectivity index (χ4n) is 2.54. The average molecular weight is 437 g/mol. The molecule has 0 amide bonds. The van der Waals surface area contributed by atoms with Crippen molar-refractivity contribution in [3.8, 4) is 5.75 Å². The quantitative estimate of drug-likeness (QED) is 0.555. The number of nitrogens with two attached hydrogens (primary N) is 1. The fraction of sp³-hybridized carbons (Fsp3) is 0.100. The predicted molar refractivity (Wildman–Crippen MR) is 112 cm³/mol. The molecular weight excluding hydrogens is 419 g/mol. The standard InChI is InChI=1S/C20H18Cl2N2O3S/c21-19-5-2-6-20(22)18(19)13-27-16-4-1-3-14(11-16)12-24-15-7-9-17(10-8-15)28(23,25)26/h1-11,24H,12-13H2,(H2,23,25,26). The van der Waals surface area contributed by atoms with Gasteiger partial charge in [0.15, 0.2) is 0 Å². The van der Waals surface area contributed by atoms with Crippen molar-refractivity contribution in [3.05, 3.63) is 87.9 Å². The molecule has 0 fully saturated rings. The molecule has 0 atom stereocenters. The summed E-state index contributed by atoms with van der Waals surface area (Å²) in [5.74, 6) is 0.694. The second-order valence-corrected chi connectivity index (χ2v) is 8.44. The topological polar surface area (TPSA) is 81.4 Å². The Labute approximate surface area is 174 Å². The molecule has 3 rings (SSSR count). The normalized spacial score (nSPS) is 11.2. The van der Waals surface area contributed by atoms with Crippen molar-refractivity contribution >= 4 is 38.9 Å². The lowest BCUT2D eigenvalue weighted by Crippen LogP contribution is -2.12. The average Bonchev–Trinajstić information content (AvgIpc) is 2.66. The molecule has 0 aliphatic rings. The first-order chi connectivity index (χ1) is 13.3. The van der Waals surface area contributed by atoms with Gasteiger partial charge in [-0.15, -0.1) is 0 Å². The van der Waals surface area contributed by atoms with Crippen LogP contribution in [0.1, 0.15) is 11.1 Å². The molecule has 146 valence electrons. The molecule has 8 heteroatoms. The van der Waals surface area contributed by atoms with Crippen molar-refractivity contribution in [1.82, 2.24) is 0 Å². The molecule has 28 heavy (non-hydrogen) atoms. The van der Waals surface area contributed by atoms with Crippen LogP contribution in [0, 0.1) is 0 Å². The first-order valence-corrected chi connectivity index (χ1v) is 10.6. The van der Waals surface area contributed by atoms with Crippen LogP contribution in [0.4, 0.5) is 5.69 Å². The minimum atomic E-state index is -3.69. The van der Waals surface area contributed by atoms with Crippen LogP contribution < -0.4 is 15.2 Å². The van der Waals surface area contributed by atoms with E-state index in [9.17, 15) is 8.42 Å². The first kappa shape index (κ1) is 20.5. The Balaban J connectivity index is 1.62. The molecular formula is C20H18Cl2N2O3S. The summed E-state index contributed by atoms with van der Waals surface area (Å²) in [5.41, 5.74) is 2.52. The highest BCUT2D eigenvalue weighted by Crippen LogP contribution is 2.26. The highest BCUT2D eigenvalue weighted by Gasteiger charge is 2.08. The molecule has 0 saturated carbocycles. The molecule has 0 heterocycles. The zero-order valence-corrected chi connectivity index (χ0v) is 17.1. The largest absolute Gasteiger partial charge is 0.489 e. The van der Waals surface area contributed by atoms with Gasteiger partial charge in [0, 0.05) is 27.8 Å². The lowest BCUT2D eigenvalue weighted by molar-refractivity contribution is 0.306. The van der Waals surface area contributed by atoms with E-state index in [2.05, 4.69) is 5.32 Å². The van der Waals surface area contributed by atoms with Crippen LogP contribution in [0.3, 0.4) is 0 Å². The molecule has 0 saturated heterocycles. The molecule has 0 aromatic heterocycles. The van der Waals surface area contributed by atoms with Gasteiger partial charge in [0.05, 0.1) is 4.90 Å². The Morgan fingerprint density at radius 1 is 0.929 bits per heavy atom. The SMILES string of the molecule is NS(=O)(=O)c1ccc(NCc2cccc(OCc3c(Cl)cccc3Cl)c2)cc1. The highest BCUT2D eigenvalue weighted by atomic mass is 35.5. The van der Waals surface area contributed by atoms with E-state index in [-0.39, 0.29) is 11.5 Å². The number of nitrogens with one attached hydrogen (secondary N) is 1. The van der Waals surface area contributed by atoms with Gasteiger partial charge in [0.1, 0.15) is 12.4 Å². The van der Waals surface area contributed by atoms with Crippen LogP contribution in [0.5, 0.6) is 5.75 Å². The molecule has 3 N–H and O–H groups in total. The van der Waals surface area contributed by atoms with Gasteiger partial charge in [-0.3, -0.25) is 0 Å². The Bertz CT molecular complexity index is 1050. The number of primary sulfonamides is 1. The van der Waals surface area contributed by atoms with Gasteiger partial charge >= 0.3 is 0 Å². The maximum Gasteiger partial charge on any atom is 0.238 e. The van der Waals surface area contributed by atoms with Crippen molar-refractivity contribution in [2.45, 2.75) is 18.0 Å². The maximum absolute atomic E-state index is 11.3. The Kier molecular flexibility index (Phi) is 6.46. The summed E-state index contributed by atoms with van der Waals surface area (Å²) >= 11 is 12.3. The highest BCUT2D eigenvalue weighted by molar-refractivity contribution is 7.89. The molecule has 3 aromatic rings. The Hall–Kier alpha value is -2.25. The zero-order valence-electron chi connectivity index (χ0n) is 14.7. The van der Waals surface area contributed by atoms with Gasteiger partial charge in [-0.25, -0.2) is 13.6 Å². The molecule has 3 aromatic carbocycles. The monoisotopic (exact) mass is 436 g/mol.